The fourth-order valence-electron chi connectivity index (χ4n) is 2.01. The second-order valence-electron chi connectivity index (χ2n) is 5.17. The molecular weight excluding hydrogens is 314 g/mol. The van der Waals surface area contributed by atoms with Gasteiger partial charge in [-0.2, -0.15) is 0 Å². The van der Waals surface area contributed by atoms with Crippen molar-refractivity contribution in [3.8, 4) is 0 Å². The van der Waals surface area contributed by atoms with E-state index in [0.29, 0.717) is 18.7 Å². The number of sulfone groups is 1. The maximum absolute atomic E-state index is 12.1. The van der Waals surface area contributed by atoms with Gasteiger partial charge >= 0.3 is 0 Å². The Kier molecular flexibility index (Phi) is 5.33. The molecule has 0 aliphatic carbocycles. The molecule has 0 aliphatic heterocycles. The van der Waals surface area contributed by atoms with Crippen LogP contribution in [0.3, 0.4) is 0 Å². The summed E-state index contributed by atoms with van der Waals surface area (Å²) in [6, 6.07) is 7.87. The molecule has 1 aromatic heterocycles. The van der Waals surface area contributed by atoms with E-state index < -0.39 is 9.84 Å². The summed E-state index contributed by atoms with van der Waals surface area (Å²) < 4.78 is 23.0. The first-order chi connectivity index (χ1) is 10.9. The van der Waals surface area contributed by atoms with Gasteiger partial charge in [0, 0.05) is 43.0 Å². The summed E-state index contributed by atoms with van der Waals surface area (Å²) in [5.74, 6) is -0.302. The molecule has 1 aromatic carbocycles. The molecule has 2 rings (SSSR count). The standard InChI is InChI=1S/C16H19N3O3S/c1-12-11-17-7-6-15(12)18-8-9-19-16(20)13-4-3-5-14(10-13)23(2,21)22/h3-7,10-11H,8-9H2,1-2H3,(H,17,18)(H,19,20). The Balaban J connectivity index is 1.89. The van der Waals surface area contributed by atoms with Crippen LogP contribution in [-0.4, -0.2) is 38.7 Å². The van der Waals surface area contributed by atoms with Gasteiger partial charge in [-0.05, 0) is 36.8 Å². The molecule has 6 nitrogen and oxygen atoms in total. The second-order valence-corrected chi connectivity index (χ2v) is 7.19. The first kappa shape index (κ1) is 17.0. The SMILES string of the molecule is Cc1cnccc1NCCNC(=O)c1cccc(S(C)(=O)=O)c1. The quantitative estimate of drug-likeness (QED) is 0.785. The van der Waals surface area contributed by atoms with E-state index in [0.717, 1.165) is 17.5 Å². The lowest BCUT2D eigenvalue weighted by Crippen LogP contribution is -2.29. The first-order valence-electron chi connectivity index (χ1n) is 7.11. The van der Waals surface area contributed by atoms with Crippen molar-refractivity contribution < 1.29 is 13.2 Å². The van der Waals surface area contributed by atoms with Crippen LogP contribution in [-0.2, 0) is 9.84 Å². The lowest BCUT2D eigenvalue weighted by molar-refractivity contribution is 0.0955. The highest BCUT2D eigenvalue weighted by Gasteiger charge is 2.11. The number of rotatable bonds is 6. The molecule has 2 aromatic rings. The van der Waals surface area contributed by atoms with E-state index in [1.165, 1.54) is 12.1 Å². The van der Waals surface area contributed by atoms with E-state index in [1.54, 1.807) is 24.5 Å². The van der Waals surface area contributed by atoms with Crippen LogP contribution in [0.2, 0.25) is 0 Å². The molecule has 0 unspecified atom stereocenters. The van der Waals surface area contributed by atoms with Gasteiger partial charge in [0.1, 0.15) is 0 Å². The highest BCUT2D eigenvalue weighted by Crippen LogP contribution is 2.12. The molecule has 2 N–H and O–H groups in total. The van der Waals surface area contributed by atoms with E-state index in [1.807, 2.05) is 13.0 Å². The van der Waals surface area contributed by atoms with Crippen molar-refractivity contribution in [1.29, 1.82) is 0 Å². The number of aryl methyl sites for hydroxylation is 1. The number of carbonyl (C=O) groups is 1. The minimum absolute atomic E-state index is 0.135. The highest BCUT2D eigenvalue weighted by molar-refractivity contribution is 7.90. The highest BCUT2D eigenvalue weighted by atomic mass is 32.2. The van der Waals surface area contributed by atoms with Crippen molar-refractivity contribution in [2.24, 2.45) is 0 Å². The van der Waals surface area contributed by atoms with Crippen LogP contribution in [0.15, 0.2) is 47.6 Å². The number of benzene rings is 1. The monoisotopic (exact) mass is 333 g/mol. The van der Waals surface area contributed by atoms with Crippen molar-refractivity contribution in [2.45, 2.75) is 11.8 Å². The molecule has 7 heteroatoms. The van der Waals surface area contributed by atoms with Crippen LogP contribution < -0.4 is 10.6 Å². The number of carbonyl (C=O) groups excluding carboxylic acids is 1. The number of amides is 1. The van der Waals surface area contributed by atoms with Gasteiger partial charge in [-0.25, -0.2) is 8.42 Å². The summed E-state index contributed by atoms with van der Waals surface area (Å²) in [7, 11) is -3.32. The largest absolute Gasteiger partial charge is 0.383 e. The van der Waals surface area contributed by atoms with E-state index in [2.05, 4.69) is 15.6 Å². The zero-order valence-corrected chi connectivity index (χ0v) is 13.9. The molecule has 0 atom stereocenters. The lowest BCUT2D eigenvalue weighted by Gasteiger charge is -2.10. The van der Waals surface area contributed by atoms with E-state index in [9.17, 15) is 13.2 Å². The molecule has 23 heavy (non-hydrogen) atoms. The third-order valence-corrected chi connectivity index (χ3v) is 4.38. The average molecular weight is 333 g/mol. The molecule has 0 spiro atoms. The van der Waals surface area contributed by atoms with Crippen LogP contribution in [0.5, 0.6) is 0 Å². The van der Waals surface area contributed by atoms with Crippen molar-refractivity contribution in [3.63, 3.8) is 0 Å². The zero-order valence-electron chi connectivity index (χ0n) is 13.0. The Bertz CT molecular complexity index is 804. The topological polar surface area (TPSA) is 88.2 Å². The van der Waals surface area contributed by atoms with Gasteiger partial charge in [-0.15, -0.1) is 0 Å². The predicted molar refractivity (Wildman–Crippen MR) is 89.3 cm³/mol. The smallest absolute Gasteiger partial charge is 0.251 e. The fraction of sp³-hybridized carbons (Fsp3) is 0.250. The summed E-state index contributed by atoms with van der Waals surface area (Å²) in [6.07, 6.45) is 4.58. The van der Waals surface area contributed by atoms with Crippen LogP contribution >= 0.6 is 0 Å². The Hall–Kier alpha value is -2.41. The van der Waals surface area contributed by atoms with Gasteiger partial charge < -0.3 is 10.6 Å². The second kappa shape index (κ2) is 7.23. The summed E-state index contributed by atoms with van der Waals surface area (Å²) in [4.78, 5) is 16.2. The van der Waals surface area contributed by atoms with Gasteiger partial charge in [-0.3, -0.25) is 9.78 Å². The summed E-state index contributed by atoms with van der Waals surface area (Å²) in [5.41, 5.74) is 2.32. The van der Waals surface area contributed by atoms with E-state index in [4.69, 9.17) is 0 Å². The maximum atomic E-state index is 12.1. The number of nitrogens with zero attached hydrogens (tertiary/aromatic N) is 1. The van der Waals surface area contributed by atoms with Gasteiger partial charge in [-0.1, -0.05) is 6.07 Å². The van der Waals surface area contributed by atoms with E-state index >= 15 is 0 Å². The zero-order chi connectivity index (χ0) is 16.9. The maximum Gasteiger partial charge on any atom is 0.251 e. The minimum atomic E-state index is -3.32. The first-order valence-corrected chi connectivity index (χ1v) is 9.00. The van der Waals surface area contributed by atoms with Crippen molar-refractivity contribution in [2.75, 3.05) is 24.7 Å². The average Bonchev–Trinajstić information content (AvgIpc) is 2.52. The molecule has 0 bridgehead atoms. The van der Waals surface area contributed by atoms with Gasteiger partial charge in [0.25, 0.3) is 5.91 Å². The van der Waals surface area contributed by atoms with Crippen LogP contribution in [0.25, 0.3) is 0 Å². The van der Waals surface area contributed by atoms with Crippen molar-refractivity contribution in [3.05, 3.63) is 53.9 Å². The molecule has 1 heterocycles. The molecular formula is C16H19N3O3S. The summed E-state index contributed by atoms with van der Waals surface area (Å²) in [5, 5.41) is 5.96. The predicted octanol–water partition coefficient (Wildman–Crippen LogP) is 1.64. The molecule has 0 saturated carbocycles. The number of nitrogens with one attached hydrogen (secondary N) is 2. The number of hydrogen-bond donors (Lipinski definition) is 2. The van der Waals surface area contributed by atoms with Crippen LogP contribution in [0.1, 0.15) is 15.9 Å². The molecule has 122 valence electrons. The molecule has 0 fully saturated rings. The third-order valence-electron chi connectivity index (χ3n) is 3.27. The number of aromatic nitrogens is 1. The third kappa shape index (κ3) is 4.79. The fourth-order valence-corrected chi connectivity index (χ4v) is 2.68. The van der Waals surface area contributed by atoms with E-state index in [-0.39, 0.29) is 10.8 Å². The molecule has 0 radical (unpaired) electrons. The summed E-state index contributed by atoms with van der Waals surface area (Å²) >= 11 is 0. The molecule has 1 amide bonds. The Morgan fingerprint density at radius 1 is 1.22 bits per heavy atom. The van der Waals surface area contributed by atoms with Crippen molar-refractivity contribution in [1.82, 2.24) is 10.3 Å². The van der Waals surface area contributed by atoms with Crippen molar-refractivity contribution >= 4 is 21.4 Å². The number of hydrogen-bond acceptors (Lipinski definition) is 5. The number of anilines is 1. The normalized spacial score (nSPS) is 11.0. The number of pyridine rings is 1. The molecule has 0 aliphatic rings. The molecule has 0 saturated heterocycles. The van der Waals surface area contributed by atoms with Gasteiger partial charge in [0.15, 0.2) is 9.84 Å². The Labute approximate surface area is 135 Å². The van der Waals surface area contributed by atoms with Crippen LogP contribution in [0, 0.1) is 6.92 Å². The van der Waals surface area contributed by atoms with Gasteiger partial charge in [0.2, 0.25) is 0 Å². The minimum Gasteiger partial charge on any atom is -0.383 e. The van der Waals surface area contributed by atoms with Crippen LogP contribution in [0.4, 0.5) is 5.69 Å². The summed E-state index contributed by atoms with van der Waals surface area (Å²) in [6.45, 7) is 2.93. The Morgan fingerprint density at radius 2 is 2.00 bits per heavy atom. The van der Waals surface area contributed by atoms with Gasteiger partial charge in [0.05, 0.1) is 4.90 Å². The Morgan fingerprint density at radius 3 is 2.70 bits per heavy atom. The lowest BCUT2D eigenvalue weighted by atomic mass is 10.2.